The van der Waals surface area contributed by atoms with E-state index in [9.17, 15) is 14.4 Å². The molecule has 2 bridgehead atoms. The third-order valence-electron chi connectivity index (χ3n) is 8.79. The van der Waals surface area contributed by atoms with Crippen LogP contribution in [0.4, 0.5) is 5.82 Å². The fraction of sp³-hybridized carbons (Fsp3) is 0.533. The Morgan fingerprint density at radius 3 is 2.10 bits per heavy atom. The van der Waals surface area contributed by atoms with Gasteiger partial charge < -0.3 is 26.2 Å². The van der Waals surface area contributed by atoms with Crippen molar-refractivity contribution >= 4 is 23.5 Å². The molecule has 5 rings (SSSR count). The number of hydrogen-bond acceptors (Lipinski definition) is 6. The zero-order valence-electron chi connectivity index (χ0n) is 23.2. The molecule has 4 heterocycles. The summed E-state index contributed by atoms with van der Waals surface area (Å²) in [6.45, 7) is 8.91. The van der Waals surface area contributed by atoms with Gasteiger partial charge in [0.05, 0.1) is 5.56 Å². The van der Waals surface area contributed by atoms with Gasteiger partial charge in [-0.1, -0.05) is 6.92 Å². The van der Waals surface area contributed by atoms with Crippen LogP contribution in [0, 0.1) is 13.8 Å². The normalized spacial score (nSPS) is 23.5. The first kappa shape index (κ1) is 27.1. The minimum absolute atomic E-state index is 0.0530. The number of primary amides is 1. The fourth-order valence-electron chi connectivity index (χ4n) is 6.59. The summed E-state index contributed by atoms with van der Waals surface area (Å²) < 4.78 is 0. The maximum absolute atomic E-state index is 13.1. The summed E-state index contributed by atoms with van der Waals surface area (Å²) in [6.07, 6.45) is 7.47. The van der Waals surface area contributed by atoms with E-state index in [-0.39, 0.29) is 23.9 Å². The molecule has 0 saturated carbocycles. The van der Waals surface area contributed by atoms with Gasteiger partial charge in [0.1, 0.15) is 5.82 Å². The number of nitrogens with two attached hydrogens (primary N) is 1. The van der Waals surface area contributed by atoms with Crippen molar-refractivity contribution in [1.29, 1.82) is 0 Å². The highest BCUT2D eigenvalue weighted by Crippen LogP contribution is 2.38. The number of fused-ring (bicyclic) bond motifs is 2. The van der Waals surface area contributed by atoms with E-state index in [1.807, 2.05) is 19.1 Å². The van der Waals surface area contributed by atoms with E-state index in [4.69, 9.17) is 10.7 Å². The number of rotatable bonds is 7. The molecule has 9 nitrogen and oxygen atoms in total. The highest BCUT2D eigenvalue weighted by Gasteiger charge is 2.42. The van der Waals surface area contributed by atoms with Crippen molar-refractivity contribution in [2.45, 2.75) is 83.5 Å². The predicted octanol–water partition coefficient (Wildman–Crippen LogP) is 2.94. The summed E-state index contributed by atoms with van der Waals surface area (Å²) in [5.41, 5.74) is 8.53. The highest BCUT2D eigenvalue weighted by atomic mass is 16.2. The van der Waals surface area contributed by atoms with Crippen molar-refractivity contribution in [2.24, 2.45) is 5.73 Å². The van der Waals surface area contributed by atoms with Gasteiger partial charge in [-0.15, -0.1) is 0 Å². The number of benzene rings is 1. The summed E-state index contributed by atoms with van der Waals surface area (Å²) >= 11 is 0. The molecule has 0 spiro atoms. The van der Waals surface area contributed by atoms with Crippen LogP contribution in [0.15, 0.2) is 30.5 Å². The zero-order chi connectivity index (χ0) is 27.7. The number of carbonyl (C=O) groups is 3. The van der Waals surface area contributed by atoms with Gasteiger partial charge in [-0.3, -0.25) is 14.4 Å². The Hall–Kier alpha value is -3.46. The number of likely N-dealkylation sites (tertiary alicyclic amines) is 1. The fourth-order valence-corrected chi connectivity index (χ4v) is 6.59. The van der Waals surface area contributed by atoms with E-state index in [0.29, 0.717) is 34.3 Å². The van der Waals surface area contributed by atoms with Crippen molar-refractivity contribution in [3.63, 3.8) is 0 Å². The smallest absolute Gasteiger partial charge is 0.253 e. The van der Waals surface area contributed by atoms with Crippen molar-refractivity contribution in [2.75, 3.05) is 24.5 Å². The second kappa shape index (κ2) is 11.3. The average molecular weight is 533 g/mol. The first-order chi connectivity index (χ1) is 18.7. The molecule has 0 radical (unpaired) electrons. The van der Waals surface area contributed by atoms with Crippen molar-refractivity contribution in [3.8, 4) is 0 Å². The van der Waals surface area contributed by atoms with Crippen molar-refractivity contribution in [1.82, 2.24) is 20.5 Å². The third kappa shape index (κ3) is 5.78. The van der Waals surface area contributed by atoms with Gasteiger partial charge in [-0.05, 0) is 94.3 Å². The Kier molecular flexibility index (Phi) is 7.88. The van der Waals surface area contributed by atoms with E-state index < -0.39 is 5.91 Å². The monoisotopic (exact) mass is 532 g/mol. The minimum Gasteiger partial charge on any atom is -0.366 e. The molecule has 3 aliphatic heterocycles. The Labute approximate surface area is 230 Å². The molecule has 3 saturated heterocycles. The first-order valence-electron chi connectivity index (χ1n) is 14.2. The van der Waals surface area contributed by atoms with Crippen LogP contribution in [0.25, 0.3) is 0 Å². The summed E-state index contributed by atoms with van der Waals surface area (Å²) in [5, 5.41) is 6.42. The Bertz CT molecular complexity index is 1220. The lowest BCUT2D eigenvalue weighted by Crippen LogP contribution is -2.51. The maximum Gasteiger partial charge on any atom is 0.253 e. The lowest BCUT2D eigenvalue weighted by atomic mass is 9.95. The highest BCUT2D eigenvalue weighted by molar-refractivity contribution is 5.99. The van der Waals surface area contributed by atoms with Crippen molar-refractivity contribution in [3.05, 3.63) is 58.3 Å². The molecule has 1 unspecified atom stereocenters. The second-order valence-electron chi connectivity index (χ2n) is 11.4. The van der Waals surface area contributed by atoms with Crippen LogP contribution in [0.5, 0.6) is 0 Å². The average Bonchev–Trinajstić information content (AvgIpc) is 3.19. The molecule has 3 aliphatic rings. The number of nitrogens with one attached hydrogen (secondary N) is 2. The maximum atomic E-state index is 13.1. The number of aryl methyl sites for hydroxylation is 2. The van der Waals surface area contributed by atoms with Gasteiger partial charge in [0.15, 0.2) is 0 Å². The molecule has 1 aromatic carbocycles. The molecule has 3 fully saturated rings. The van der Waals surface area contributed by atoms with Crippen LogP contribution in [-0.2, 0) is 0 Å². The van der Waals surface area contributed by atoms with Gasteiger partial charge >= 0.3 is 0 Å². The Balaban J connectivity index is 1.18. The van der Waals surface area contributed by atoms with E-state index in [1.165, 1.54) is 0 Å². The number of aromatic nitrogens is 1. The topological polar surface area (TPSA) is 121 Å². The summed E-state index contributed by atoms with van der Waals surface area (Å²) in [5.74, 6) is 0.246. The van der Waals surface area contributed by atoms with E-state index >= 15 is 0 Å². The van der Waals surface area contributed by atoms with E-state index in [2.05, 4.69) is 27.4 Å². The van der Waals surface area contributed by atoms with Crippen LogP contribution in [0.1, 0.15) is 87.6 Å². The molecule has 4 N–H and O–H groups in total. The predicted molar refractivity (Wildman–Crippen MR) is 151 cm³/mol. The quantitative estimate of drug-likeness (QED) is 0.504. The van der Waals surface area contributed by atoms with Crippen LogP contribution in [0.2, 0.25) is 0 Å². The minimum atomic E-state index is -0.485. The Morgan fingerprint density at radius 2 is 1.51 bits per heavy atom. The number of hydrogen-bond donors (Lipinski definition) is 3. The number of nitrogens with zero attached hydrogens (tertiary/aromatic N) is 3. The summed E-state index contributed by atoms with van der Waals surface area (Å²) in [4.78, 5) is 47.1. The van der Waals surface area contributed by atoms with Gasteiger partial charge in [0, 0.05) is 54.6 Å². The third-order valence-corrected chi connectivity index (χ3v) is 8.79. The van der Waals surface area contributed by atoms with Gasteiger partial charge in [0.25, 0.3) is 11.8 Å². The molecule has 1 aromatic heterocycles. The van der Waals surface area contributed by atoms with Crippen LogP contribution >= 0.6 is 0 Å². The van der Waals surface area contributed by atoms with E-state index in [0.717, 1.165) is 69.5 Å². The summed E-state index contributed by atoms with van der Waals surface area (Å²) in [6, 6.07) is 8.19. The molecule has 3 amide bonds. The van der Waals surface area contributed by atoms with Crippen LogP contribution in [0.3, 0.4) is 0 Å². The van der Waals surface area contributed by atoms with Crippen molar-refractivity contribution < 1.29 is 14.4 Å². The molecule has 39 heavy (non-hydrogen) atoms. The first-order valence-corrected chi connectivity index (χ1v) is 14.2. The number of pyridine rings is 1. The summed E-state index contributed by atoms with van der Waals surface area (Å²) in [7, 11) is 0. The van der Waals surface area contributed by atoms with Crippen LogP contribution in [-0.4, -0.2) is 71.4 Å². The second-order valence-corrected chi connectivity index (χ2v) is 11.4. The lowest BCUT2D eigenvalue weighted by Gasteiger charge is -2.40. The number of piperidine rings is 2. The molecule has 3 atom stereocenters. The molecular formula is C30H40N6O3. The zero-order valence-corrected chi connectivity index (χ0v) is 23.2. The molecule has 9 heteroatoms. The van der Waals surface area contributed by atoms with Crippen LogP contribution < -0.4 is 21.3 Å². The Morgan fingerprint density at radius 1 is 0.897 bits per heavy atom. The van der Waals surface area contributed by atoms with Gasteiger partial charge in [0.2, 0.25) is 5.91 Å². The number of anilines is 1. The van der Waals surface area contributed by atoms with E-state index in [1.54, 1.807) is 25.3 Å². The SMILES string of the molecule is CCN1CCC(NC(=O)c2ccc(N3[C@@H]4CC[C@H]3CC(NC(=O)c3cc(C)c(C(N)=O)cc3C)C4)nc2)CC1. The van der Waals surface area contributed by atoms with Gasteiger partial charge in [-0.2, -0.15) is 0 Å². The molecule has 2 aromatic rings. The number of carbonyl (C=O) groups excluding carboxylic acids is 3. The standard InChI is InChI=1S/C30H40N6O3/c1-4-35-11-9-21(10-12-35)33-29(38)20-5-8-27(32-17-20)36-23-6-7-24(36)16-22(15-23)34-30(39)26-14-18(2)25(28(31)37)13-19(26)3/h5,8,13-14,17,21-24H,4,6-7,9-12,15-16H2,1-3H3,(H2,31,37)(H,33,38)(H,34,39)/t22?,23-,24+. The molecule has 0 aliphatic carbocycles. The lowest BCUT2D eigenvalue weighted by molar-refractivity contribution is 0.0908. The largest absolute Gasteiger partial charge is 0.366 e. The molecule has 208 valence electrons. The van der Waals surface area contributed by atoms with Gasteiger partial charge in [-0.25, -0.2) is 4.98 Å². The molecular weight excluding hydrogens is 492 g/mol. The number of amides is 3.